The second-order valence-electron chi connectivity index (χ2n) is 10.5. The molecule has 0 radical (unpaired) electrons. The van der Waals surface area contributed by atoms with E-state index in [4.69, 9.17) is 16.0 Å². The lowest BCUT2D eigenvalue weighted by molar-refractivity contribution is -0.127. The van der Waals surface area contributed by atoms with Gasteiger partial charge in [-0.25, -0.2) is 29.8 Å². The fraction of sp³-hybridized carbons (Fsp3) is 0.481. The summed E-state index contributed by atoms with van der Waals surface area (Å²) in [5.41, 5.74) is 2.23. The zero-order valence-electron chi connectivity index (χ0n) is 22.3. The van der Waals surface area contributed by atoms with Crippen LogP contribution >= 0.6 is 0 Å². The summed E-state index contributed by atoms with van der Waals surface area (Å²) in [4.78, 5) is 14.5. The van der Waals surface area contributed by atoms with Gasteiger partial charge in [0.2, 0.25) is 11.8 Å². The zero-order valence-corrected chi connectivity index (χ0v) is 22.3. The molecule has 0 amide bonds. The third-order valence-electron chi connectivity index (χ3n) is 7.74. The van der Waals surface area contributed by atoms with Gasteiger partial charge in [0.1, 0.15) is 36.2 Å². The number of imidazole rings is 1. The van der Waals surface area contributed by atoms with Gasteiger partial charge in [0, 0.05) is 30.9 Å². The van der Waals surface area contributed by atoms with Crippen molar-refractivity contribution in [2.45, 2.75) is 51.1 Å². The second kappa shape index (κ2) is 9.43. The lowest BCUT2D eigenvalue weighted by atomic mass is 9.97. The standard InChI is InChI=1S/C27H30F2N8O2/c1-15(2)37-16(3)31-23-19(28)10-17(11-22(23)37)18-6-9-36-24(18)25(38-5)33-26(34-36)32-21-7-8-35(12-20(21)29)27(30-4)13-39-14-27/h6,9-11,15,20-21H,7-8,12-14H2,1-3,5H3,(H,32,34)/t20-,21+/m1/s1. The van der Waals surface area contributed by atoms with Crippen molar-refractivity contribution in [1.29, 1.82) is 0 Å². The largest absolute Gasteiger partial charge is 0.479 e. The van der Waals surface area contributed by atoms with E-state index in [1.165, 1.54) is 13.2 Å². The number of hydrogen-bond acceptors (Lipinski definition) is 7. The molecule has 2 aliphatic heterocycles. The normalized spacial score (nSPS) is 21.3. The fourth-order valence-electron chi connectivity index (χ4n) is 5.72. The SMILES string of the molecule is [C-]#[N+]C1(N2CC[C@H](Nc3nc(OC)c4c(-c5cc(F)c6nc(C)n(C(C)C)c6c5)ccn4n3)[C@H](F)C2)COC1. The van der Waals surface area contributed by atoms with Crippen LogP contribution in [0.15, 0.2) is 24.4 Å². The molecule has 0 spiro atoms. The molecular formula is C27H30F2N8O2. The van der Waals surface area contributed by atoms with Crippen molar-refractivity contribution in [3.63, 3.8) is 0 Å². The van der Waals surface area contributed by atoms with Gasteiger partial charge in [0.25, 0.3) is 0 Å². The van der Waals surface area contributed by atoms with Crippen molar-refractivity contribution >= 4 is 22.5 Å². The third kappa shape index (κ3) is 4.08. The predicted molar refractivity (Wildman–Crippen MR) is 142 cm³/mol. The first-order chi connectivity index (χ1) is 18.7. The van der Waals surface area contributed by atoms with Crippen LogP contribution in [0.2, 0.25) is 0 Å². The highest BCUT2D eigenvalue weighted by Gasteiger charge is 2.53. The molecule has 10 nitrogen and oxygen atoms in total. The molecule has 3 aromatic heterocycles. The maximum atomic E-state index is 15.2. The molecule has 2 atom stereocenters. The smallest absolute Gasteiger partial charge is 0.334 e. The minimum Gasteiger partial charge on any atom is -0.479 e. The Balaban J connectivity index is 1.31. The van der Waals surface area contributed by atoms with Crippen molar-refractivity contribution < 1.29 is 18.3 Å². The minimum atomic E-state index is -1.22. The molecule has 39 heavy (non-hydrogen) atoms. The molecule has 0 bridgehead atoms. The van der Waals surface area contributed by atoms with Gasteiger partial charge < -0.3 is 19.4 Å². The summed E-state index contributed by atoms with van der Waals surface area (Å²) >= 11 is 0. The number of fused-ring (bicyclic) bond motifs is 2. The Bertz CT molecular complexity index is 1600. The number of halogens is 2. The number of nitrogens with zero attached hydrogens (tertiary/aromatic N) is 7. The van der Waals surface area contributed by atoms with Crippen molar-refractivity contribution in [3.05, 3.63) is 47.5 Å². The van der Waals surface area contributed by atoms with E-state index < -0.39 is 23.7 Å². The summed E-state index contributed by atoms with van der Waals surface area (Å²) in [5, 5.41) is 7.68. The van der Waals surface area contributed by atoms with Gasteiger partial charge in [-0.05, 0) is 51.0 Å². The maximum Gasteiger partial charge on any atom is 0.334 e. The van der Waals surface area contributed by atoms with E-state index in [0.29, 0.717) is 53.9 Å². The molecule has 2 saturated heterocycles. The Kier molecular flexibility index (Phi) is 6.15. The van der Waals surface area contributed by atoms with E-state index in [1.54, 1.807) is 10.7 Å². The van der Waals surface area contributed by atoms with E-state index in [9.17, 15) is 0 Å². The van der Waals surface area contributed by atoms with Crippen LogP contribution in [-0.4, -0.2) is 80.3 Å². The van der Waals surface area contributed by atoms with E-state index in [0.717, 1.165) is 5.82 Å². The molecule has 204 valence electrons. The van der Waals surface area contributed by atoms with Gasteiger partial charge in [-0.2, -0.15) is 4.98 Å². The molecular weight excluding hydrogens is 506 g/mol. The van der Waals surface area contributed by atoms with Crippen LogP contribution in [0, 0.1) is 19.3 Å². The van der Waals surface area contributed by atoms with Crippen LogP contribution in [0.1, 0.15) is 32.1 Å². The number of anilines is 1. The van der Waals surface area contributed by atoms with Crippen LogP contribution < -0.4 is 10.1 Å². The molecule has 0 saturated carbocycles. The van der Waals surface area contributed by atoms with Crippen LogP contribution in [0.4, 0.5) is 14.7 Å². The zero-order chi connectivity index (χ0) is 27.5. The predicted octanol–water partition coefficient (Wildman–Crippen LogP) is 4.25. The van der Waals surface area contributed by atoms with E-state index in [2.05, 4.69) is 25.2 Å². The van der Waals surface area contributed by atoms with Crippen molar-refractivity contribution in [2.75, 3.05) is 38.7 Å². The van der Waals surface area contributed by atoms with Gasteiger partial charge in [-0.1, -0.05) is 0 Å². The van der Waals surface area contributed by atoms with E-state index in [-0.39, 0.29) is 24.4 Å². The number of nitrogens with one attached hydrogen (secondary N) is 1. The number of aromatic nitrogens is 5. The van der Waals surface area contributed by atoms with Gasteiger partial charge in [-0.3, -0.25) is 4.85 Å². The van der Waals surface area contributed by atoms with Gasteiger partial charge in [0.15, 0.2) is 5.82 Å². The number of piperidine rings is 1. The third-order valence-corrected chi connectivity index (χ3v) is 7.74. The topological polar surface area (TPSA) is 86.1 Å². The Morgan fingerprint density at radius 1 is 1.28 bits per heavy atom. The average Bonchev–Trinajstić information content (AvgIpc) is 3.45. The Morgan fingerprint density at radius 3 is 2.72 bits per heavy atom. The molecule has 1 N–H and O–H groups in total. The van der Waals surface area contributed by atoms with Gasteiger partial charge in [0.05, 0.1) is 18.7 Å². The molecule has 0 unspecified atom stereocenters. The van der Waals surface area contributed by atoms with Crippen LogP contribution in [0.3, 0.4) is 0 Å². The highest BCUT2D eigenvalue weighted by Crippen LogP contribution is 2.36. The molecule has 4 aromatic rings. The van der Waals surface area contributed by atoms with Gasteiger partial charge >= 0.3 is 5.66 Å². The highest BCUT2D eigenvalue weighted by molar-refractivity contribution is 5.90. The summed E-state index contributed by atoms with van der Waals surface area (Å²) in [6, 6.07) is 4.82. The molecule has 2 fully saturated rings. The minimum absolute atomic E-state index is 0.113. The van der Waals surface area contributed by atoms with E-state index >= 15 is 8.78 Å². The van der Waals surface area contributed by atoms with Crippen molar-refractivity contribution in [1.82, 2.24) is 29.0 Å². The molecule has 1 aromatic carbocycles. The number of hydrogen-bond donors (Lipinski definition) is 1. The first kappa shape index (κ1) is 25.5. The Morgan fingerprint density at radius 2 is 2.08 bits per heavy atom. The lowest BCUT2D eigenvalue weighted by Crippen LogP contribution is -2.64. The molecule has 0 aliphatic carbocycles. The van der Waals surface area contributed by atoms with Crippen LogP contribution in [0.5, 0.6) is 5.88 Å². The first-order valence-electron chi connectivity index (χ1n) is 13.0. The Hall–Kier alpha value is -3.82. The lowest BCUT2D eigenvalue weighted by Gasteiger charge is -2.43. The highest BCUT2D eigenvalue weighted by atomic mass is 19.1. The number of ether oxygens (including phenoxy) is 2. The van der Waals surface area contributed by atoms with Crippen LogP contribution in [-0.2, 0) is 4.74 Å². The number of methoxy groups -OCH3 is 1. The fourth-order valence-corrected chi connectivity index (χ4v) is 5.72. The average molecular weight is 537 g/mol. The number of rotatable bonds is 6. The molecule has 5 heterocycles. The van der Waals surface area contributed by atoms with Crippen molar-refractivity contribution in [3.8, 4) is 17.0 Å². The Labute approximate surface area is 224 Å². The van der Waals surface area contributed by atoms with Gasteiger partial charge in [-0.15, -0.1) is 5.10 Å². The quantitative estimate of drug-likeness (QED) is 0.369. The number of benzene rings is 1. The summed E-state index contributed by atoms with van der Waals surface area (Å²) in [7, 11) is 1.50. The first-order valence-corrected chi connectivity index (χ1v) is 13.0. The second-order valence-corrected chi connectivity index (χ2v) is 10.5. The summed E-state index contributed by atoms with van der Waals surface area (Å²) < 4.78 is 44.8. The number of likely N-dealkylation sites (tertiary alicyclic amines) is 1. The molecule has 2 aliphatic rings. The number of alkyl halides is 1. The maximum absolute atomic E-state index is 15.2. The molecule has 6 rings (SSSR count). The van der Waals surface area contributed by atoms with E-state index in [1.807, 2.05) is 42.4 Å². The summed E-state index contributed by atoms with van der Waals surface area (Å²) in [6.07, 6.45) is 1.02. The summed E-state index contributed by atoms with van der Waals surface area (Å²) in [6.45, 7) is 14.8. The van der Waals surface area contributed by atoms with Crippen LogP contribution in [0.25, 0.3) is 32.5 Å². The monoisotopic (exact) mass is 536 g/mol. The summed E-state index contributed by atoms with van der Waals surface area (Å²) in [5.74, 6) is 0.852. The molecule has 12 heteroatoms. The number of aryl methyl sites for hydroxylation is 1. The van der Waals surface area contributed by atoms with Crippen molar-refractivity contribution in [2.24, 2.45) is 0 Å².